The monoisotopic (exact) mass is 228 g/mol. The van der Waals surface area contributed by atoms with Gasteiger partial charge in [-0.2, -0.15) is 10.4 Å². The Morgan fingerprint density at radius 3 is 2.88 bits per heavy atom. The van der Waals surface area contributed by atoms with Gasteiger partial charge in [0.1, 0.15) is 11.9 Å². The van der Waals surface area contributed by atoms with Gasteiger partial charge in [0, 0.05) is 5.69 Å². The van der Waals surface area contributed by atoms with Crippen molar-refractivity contribution in [2.24, 2.45) is 0 Å². The van der Waals surface area contributed by atoms with Gasteiger partial charge in [0.2, 0.25) is 0 Å². The molecule has 17 heavy (non-hydrogen) atoms. The first-order chi connectivity index (χ1) is 8.20. The van der Waals surface area contributed by atoms with E-state index in [0.29, 0.717) is 17.1 Å². The second-order valence-corrected chi connectivity index (χ2v) is 3.49. The van der Waals surface area contributed by atoms with Gasteiger partial charge >= 0.3 is 0 Å². The zero-order valence-corrected chi connectivity index (χ0v) is 9.11. The van der Waals surface area contributed by atoms with Crippen molar-refractivity contribution in [2.45, 2.75) is 6.92 Å². The van der Waals surface area contributed by atoms with E-state index in [2.05, 4.69) is 15.5 Å². The third kappa shape index (κ3) is 2.37. The van der Waals surface area contributed by atoms with Crippen LogP contribution in [0.25, 0.3) is 0 Å². The number of hydrogen-bond donors (Lipinski definition) is 1. The molecule has 5 heteroatoms. The predicted octanol–water partition coefficient (Wildman–Crippen LogP) is 2.54. The molecule has 2 aromatic rings. The Bertz CT molecular complexity index is 589. The summed E-state index contributed by atoms with van der Waals surface area (Å²) in [5, 5.41) is 19.4. The van der Waals surface area contributed by atoms with Crippen molar-refractivity contribution in [2.75, 3.05) is 5.32 Å². The Morgan fingerprint density at radius 1 is 1.35 bits per heavy atom. The molecule has 0 radical (unpaired) electrons. The van der Waals surface area contributed by atoms with Crippen LogP contribution in [0.1, 0.15) is 11.1 Å². The molecule has 1 aromatic heterocycles. The lowest BCUT2D eigenvalue weighted by molar-refractivity contribution is 0.627. The minimum absolute atomic E-state index is 0.298. The van der Waals surface area contributed by atoms with Crippen LogP contribution in [-0.2, 0) is 0 Å². The molecule has 0 atom stereocenters. The Morgan fingerprint density at radius 2 is 2.18 bits per heavy atom. The predicted molar refractivity (Wildman–Crippen MR) is 61.2 cm³/mol. The van der Waals surface area contributed by atoms with E-state index in [1.807, 2.05) is 6.07 Å². The Balaban J connectivity index is 2.35. The average molecular weight is 228 g/mol. The molecular formula is C12H9FN4. The molecule has 0 aliphatic carbocycles. The number of nitriles is 1. The second-order valence-electron chi connectivity index (χ2n) is 3.49. The highest BCUT2D eigenvalue weighted by molar-refractivity contribution is 5.64. The topological polar surface area (TPSA) is 61.6 Å². The second kappa shape index (κ2) is 4.58. The summed E-state index contributed by atoms with van der Waals surface area (Å²) in [7, 11) is 0. The molecule has 0 amide bonds. The highest BCUT2D eigenvalue weighted by atomic mass is 19.1. The highest BCUT2D eigenvalue weighted by Gasteiger charge is 2.06. The van der Waals surface area contributed by atoms with Crippen molar-refractivity contribution in [1.29, 1.82) is 5.26 Å². The lowest BCUT2D eigenvalue weighted by Crippen LogP contribution is -2.00. The van der Waals surface area contributed by atoms with Crippen LogP contribution in [-0.4, -0.2) is 10.2 Å². The van der Waals surface area contributed by atoms with Crippen LogP contribution in [0.2, 0.25) is 0 Å². The van der Waals surface area contributed by atoms with Gasteiger partial charge in [-0.3, -0.25) is 0 Å². The van der Waals surface area contributed by atoms with Crippen LogP contribution in [0.4, 0.5) is 15.9 Å². The Kier molecular flexibility index (Phi) is 2.97. The fourth-order valence-electron chi connectivity index (χ4n) is 1.41. The number of aryl methyl sites for hydroxylation is 1. The molecule has 0 aliphatic heterocycles. The molecule has 0 saturated carbocycles. The van der Waals surface area contributed by atoms with Gasteiger partial charge in [0.25, 0.3) is 0 Å². The molecule has 1 aromatic carbocycles. The first kappa shape index (κ1) is 11.0. The molecule has 2 rings (SSSR count). The third-order valence-corrected chi connectivity index (χ3v) is 2.28. The molecule has 0 spiro atoms. The summed E-state index contributed by atoms with van der Waals surface area (Å²) in [5.41, 5.74) is 1.83. The van der Waals surface area contributed by atoms with Crippen LogP contribution >= 0.6 is 0 Å². The van der Waals surface area contributed by atoms with Crippen molar-refractivity contribution in [3.05, 3.63) is 47.4 Å². The molecule has 84 valence electrons. The van der Waals surface area contributed by atoms with E-state index in [1.54, 1.807) is 19.1 Å². The molecule has 1 N–H and O–H groups in total. The van der Waals surface area contributed by atoms with E-state index < -0.39 is 0 Å². The molecular weight excluding hydrogens is 219 g/mol. The number of anilines is 2. The first-order valence-electron chi connectivity index (χ1n) is 4.95. The summed E-state index contributed by atoms with van der Waals surface area (Å²) in [6, 6.07) is 7.92. The van der Waals surface area contributed by atoms with Gasteiger partial charge in [-0.25, -0.2) is 4.39 Å². The van der Waals surface area contributed by atoms with Crippen LogP contribution in [0, 0.1) is 24.1 Å². The van der Waals surface area contributed by atoms with Crippen molar-refractivity contribution < 1.29 is 4.39 Å². The third-order valence-electron chi connectivity index (χ3n) is 2.28. The number of hydrogen-bond acceptors (Lipinski definition) is 4. The summed E-state index contributed by atoms with van der Waals surface area (Å²) in [6.07, 6.45) is 1.45. The summed E-state index contributed by atoms with van der Waals surface area (Å²) in [6.45, 7) is 1.77. The standard InChI is InChI=1S/C12H9FN4/c1-8-6-10(13)2-3-11(8)16-12-9(7-14)4-5-15-17-12/h2-6H,1H3,(H,16,17). The van der Waals surface area contributed by atoms with Crippen LogP contribution in [0.15, 0.2) is 30.5 Å². The first-order valence-corrected chi connectivity index (χ1v) is 4.95. The minimum atomic E-state index is -0.298. The van der Waals surface area contributed by atoms with Gasteiger partial charge in [0.15, 0.2) is 5.82 Å². The average Bonchev–Trinajstić information content (AvgIpc) is 2.33. The van der Waals surface area contributed by atoms with E-state index in [-0.39, 0.29) is 5.82 Å². The summed E-state index contributed by atoms with van der Waals surface area (Å²) < 4.78 is 12.9. The van der Waals surface area contributed by atoms with Crippen molar-refractivity contribution in [3.8, 4) is 6.07 Å². The fourth-order valence-corrected chi connectivity index (χ4v) is 1.41. The quantitative estimate of drug-likeness (QED) is 0.857. The summed E-state index contributed by atoms with van der Waals surface area (Å²) in [4.78, 5) is 0. The van der Waals surface area contributed by atoms with Gasteiger partial charge in [0.05, 0.1) is 11.8 Å². The lowest BCUT2D eigenvalue weighted by Gasteiger charge is -2.08. The van der Waals surface area contributed by atoms with E-state index >= 15 is 0 Å². The van der Waals surface area contributed by atoms with E-state index in [4.69, 9.17) is 5.26 Å². The lowest BCUT2D eigenvalue weighted by atomic mass is 10.2. The van der Waals surface area contributed by atoms with Crippen LogP contribution in [0.5, 0.6) is 0 Å². The SMILES string of the molecule is Cc1cc(F)ccc1Nc1nnccc1C#N. The van der Waals surface area contributed by atoms with Gasteiger partial charge < -0.3 is 5.32 Å². The molecule has 0 aliphatic rings. The van der Waals surface area contributed by atoms with Crippen molar-refractivity contribution in [3.63, 3.8) is 0 Å². The maximum atomic E-state index is 12.9. The van der Waals surface area contributed by atoms with Gasteiger partial charge in [-0.1, -0.05) is 0 Å². The Labute approximate surface area is 97.7 Å². The highest BCUT2D eigenvalue weighted by Crippen LogP contribution is 2.21. The number of aromatic nitrogens is 2. The number of halogens is 1. The van der Waals surface area contributed by atoms with E-state index in [0.717, 1.165) is 5.56 Å². The number of benzene rings is 1. The number of rotatable bonds is 2. The zero-order valence-electron chi connectivity index (χ0n) is 9.11. The van der Waals surface area contributed by atoms with Crippen molar-refractivity contribution in [1.82, 2.24) is 10.2 Å². The largest absolute Gasteiger partial charge is 0.337 e. The number of nitrogens with one attached hydrogen (secondary N) is 1. The van der Waals surface area contributed by atoms with E-state index in [9.17, 15) is 4.39 Å². The van der Waals surface area contributed by atoms with Crippen LogP contribution in [0.3, 0.4) is 0 Å². The molecule has 0 bridgehead atoms. The fraction of sp³-hybridized carbons (Fsp3) is 0.0833. The molecule has 4 nitrogen and oxygen atoms in total. The normalized spacial score (nSPS) is 9.71. The summed E-state index contributed by atoms with van der Waals surface area (Å²) >= 11 is 0. The van der Waals surface area contributed by atoms with Crippen molar-refractivity contribution >= 4 is 11.5 Å². The smallest absolute Gasteiger partial charge is 0.171 e. The van der Waals surface area contributed by atoms with Gasteiger partial charge in [-0.15, -0.1) is 5.10 Å². The molecule has 0 unspecified atom stereocenters. The molecule has 1 heterocycles. The molecule has 0 saturated heterocycles. The maximum absolute atomic E-state index is 12.9. The van der Waals surface area contributed by atoms with E-state index in [1.165, 1.54) is 18.3 Å². The summed E-state index contributed by atoms with van der Waals surface area (Å²) in [5.74, 6) is 0.0670. The zero-order chi connectivity index (χ0) is 12.3. The maximum Gasteiger partial charge on any atom is 0.171 e. The van der Waals surface area contributed by atoms with Crippen LogP contribution < -0.4 is 5.32 Å². The number of nitrogens with zero attached hydrogens (tertiary/aromatic N) is 3. The Hall–Kier alpha value is -2.48. The minimum Gasteiger partial charge on any atom is -0.337 e. The molecule has 0 fully saturated rings. The van der Waals surface area contributed by atoms with Gasteiger partial charge in [-0.05, 0) is 36.8 Å².